The quantitative estimate of drug-likeness (QED) is 0.634. The van der Waals surface area contributed by atoms with Crippen molar-refractivity contribution < 1.29 is 0 Å². The number of hydrogen-bond donors (Lipinski definition) is 2. The summed E-state index contributed by atoms with van der Waals surface area (Å²) in [4.78, 5) is 6.13. The molecule has 0 saturated carbocycles. The molecule has 1 aromatic carbocycles. The van der Waals surface area contributed by atoms with Crippen molar-refractivity contribution in [3.8, 4) is 0 Å². The normalized spacial score (nSPS) is 10.2. The SMILES string of the molecule is CN(CCc1ccncc1)c1ccccc1C(=N)N. The van der Waals surface area contributed by atoms with Crippen molar-refractivity contribution in [1.29, 1.82) is 5.41 Å². The van der Waals surface area contributed by atoms with Crippen molar-refractivity contribution in [1.82, 2.24) is 4.98 Å². The first-order valence-electron chi connectivity index (χ1n) is 6.22. The molecule has 2 rings (SSSR count). The fraction of sp³-hybridized carbons (Fsp3) is 0.200. The summed E-state index contributed by atoms with van der Waals surface area (Å²) in [5, 5.41) is 7.61. The summed E-state index contributed by atoms with van der Waals surface area (Å²) in [5.41, 5.74) is 8.63. The molecule has 98 valence electrons. The molecule has 0 amide bonds. The molecule has 0 aliphatic rings. The van der Waals surface area contributed by atoms with Gasteiger partial charge in [-0.1, -0.05) is 12.1 Å². The second kappa shape index (κ2) is 6.00. The van der Waals surface area contributed by atoms with Gasteiger partial charge in [0, 0.05) is 37.2 Å². The number of nitrogens with one attached hydrogen (secondary N) is 1. The van der Waals surface area contributed by atoms with Gasteiger partial charge in [0.2, 0.25) is 0 Å². The first kappa shape index (κ1) is 13.1. The van der Waals surface area contributed by atoms with E-state index in [1.165, 1.54) is 5.56 Å². The van der Waals surface area contributed by atoms with Gasteiger partial charge in [0.15, 0.2) is 0 Å². The molecule has 2 aromatic rings. The van der Waals surface area contributed by atoms with E-state index in [1.54, 1.807) is 12.4 Å². The summed E-state index contributed by atoms with van der Waals surface area (Å²) in [5.74, 6) is 0.103. The number of nitrogen functional groups attached to an aromatic ring is 1. The lowest BCUT2D eigenvalue weighted by atomic mass is 10.1. The van der Waals surface area contributed by atoms with Crippen molar-refractivity contribution in [3.05, 3.63) is 59.9 Å². The van der Waals surface area contributed by atoms with Crippen molar-refractivity contribution in [2.45, 2.75) is 6.42 Å². The number of rotatable bonds is 5. The number of nitrogens with zero attached hydrogens (tertiary/aromatic N) is 2. The third-order valence-electron chi connectivity index (χ3n) is 3.09. The van der Waals surface area contributed by atoms with Gasteiger partial charge in [0.25, 0.3) is 0 Å². The smallest absolute Gasteiger partial charge is 0.124 e. The van der Waals surface area contributed by atoms with Gasteiger partial charge in [-0.15, -0.1) is 0 Å². The van der Waals surface area contributed by atoms with E-state index in [4.69, 9.17) is 11.1 Å². The monoisotopic (exact) mass is 254 g/mol. The van der Waals surface area contributed by atoms with E-state index in [9.17, 15) is 0 Å². The molecule has 0 bridgehead atoms. The van der Waals surface area contributed by atoms with Crippen LogP contribution < -0.4 is 10.6 Å². The fourth-order valence-corrected chi connectivity index (χ4v) is 2.00. The number of likely N-dealkylation sites (N-methyl/N-ethyl adjacent to an activating group) is 1. The Labute approximate surface area is 113 Å². The molecular formula is C15H18N4. The number of para-hydroxylation sites is 1. The predicted molar refractivity (Wildman–Crippen MR) is 78.7 cm³/mol. The molecule has 0 saturated heterocycles. The van der Waals surface area contributed by atoms with Crippen LogP contribution in [0.15, 0.2) is 48.8 Å². The molecule has 4 nitrogen and oxygen atoms in total. The highest BCUT2D eigenvalue weighted by Gasteiger charge is 2.08. The average molecular weight is 254 g/mol. The Morgan fingerprint density at radius 2 is 1.89 bits per heavy atom. The molecule has 0 radical (unpaired) electrons. The Hall–Kier alpha value is -2.36. The maximum Gasteiger partial charge on any atom is 0.124 e. The van der Waals surface area contributed by atoms with Gasteiger partial charge in [0.1, 0.15) is 5.84 Å². The maximum atomic E-state index is 7.61. The van der Waals surface area contributed by atoms with Crippen LogP contribution in [0.25, 0.3) is 0 Å². The minimum atomic E-state index is 0.103. The van der Waals surface area contributed by atoms with Crippen molar-refractivity contribution in [3.63, 3.8) is 0 Å². The van der Waals surface area contributed by atoms with E-state index < -0.39 is 0 Å². The lowest BCUT2D eigenvalue weighted by Crippen LogP contribution is -2.24. The molecule has 0 unspecified atom stereocenters. The molecule has 1 heterocycles. The highest BCUT2D eigenvalue weighted by molar-refractivity contribution is 6.00. The molecule has 3 N–H and O–H groups in total. The molecular weight excluding hydrogens is 236 g/mol. The van der Waals surface area contributed by atoms with Gasteiger partial charge in [-0.3, -0.25) is 10.4 Å². The molecule has 1 aromatic heterocycles. The summed E-state index contributed by atoms with van der Waals surface area (Å²) >= 11 is 0. The minimum Gasteiger partial charge on any atom is -0.384 e. The molecule has 0 spiro atoms. The van der Waals surface area contributed by atoms with Gasteiger partial charge in [-0.25, -0.2) is 0 Å². The number of amidine groups is 1. The summed E-state index contributed by atoms with van der Waals surface area (Å²) in [6, 6.07) is 11.8. The predicted octanol–water partition coefficient (Wildman–Crippen LogP) is 2.04. The molecule has 19 heavy (non-hydrogen) atoms. The zero-order chi connectivity index (χ0) is 13.7. The van der Waals surface area contributed by atoms with Crippen molar-refractivity contribution in [2.24, 2.45) is 5.73 Å². The van der Waals surface area contributed by atoms with E-state index in [2.05, 4.69) is 9.88 Å². The van der Waals surface area contributed by atoms with Crippen molar-refractivity contribution in [2.75, 3.05) is 18.5 Å². The number of hydrogen-bond acceptors (Lipinski definition) is 3. The Kier molecular flexibility index (Phi) is 4.13. The van der Waals surface area contributed by atoms with E-state index in [1.807, 2.05) is 43.4 Å². The average Bonchev–Trinajstić information content (AvgIpc) is 2.46. The Balaban J connectivity index is 2.08. The van der Waals surface area contributed by atoms with Gasteiger partial charge in [0.05, 0.1) is 0 Å². The maximum absolute atomic E-state index is 7.61. The Morgan fingerprint density at radius 1 is 1.21 bits per heavy atom. The Bertz CT molecular complexity index is 551. The number of pyridine rings is 1. The largest absolute Gasteiger partial charge is 0.384 e. The number of anilines is 1. The van der Waals surface area contributed by atoms with Gasteiger partial charge < -0.3 is 10.6 Å². The summed E-state index contributed by atoms with van der Waals surface area (Å²) in [6.07, 6.45) is 4.54. The first-order valence-corrected chi connectivity index (χ1v) is 6.22. The van der Waals surface area contributed by atoms with Crippen LogP contribution in [0.2, 0.25) is 0 Å². The van der Waals surface area contributed by atoms with E-state index in [0.717, 1.165) is 24.2 Å². The highest BCUT2D eigenvalue weighted by Crippen LogP contribution is 2.18. The van der Waals surface area contributed by atoms with Gasteiger partial charge >= 0.3 is 0 Å². The third-order valence-corrected chi connectivity index (χ3v) is 3.09. The second-order valence-electron chi connectivity index (χ2n) is 4.46. The summed E-state index contributed by atoms with van der Waals surface area (Å²) in [6.45, 7) is 0.869. The number of benzene rings is 1. The molecule has 0 atom stereocenters. The molecule has 4 heteroatoms. The van der Waals surface area contributed by atoms with E-state index in [-0.39, 0.29) is 5.84 Å². The zero-order valence-electron chi connectivity index (χ0n) is 11.0. The van der Waals surface area contributed by atoms with Crippen LogP contribution in [0.4, 0.5) is 5.69 Å². The topological polar surface area (TPSA) is 66.0 Å². The minimum absolute atomic E-state index is 0.103. The highest BCUT2D eigenvalue weighted by atomic mass is 15.1. The van der Waals surface area contributed by atoms with Crippen LogP contribution in [0.3, 0.4) is 0 Å². The van der Waals surface area contributed by atoms with E-state index >= 15 is 0 Å². The van der Waals surface area contributed by atoms with Crippen LogP contribution >= 0.6 is 0 Å². The summed E-state index contributed by atoms with van der Waals surface area (Å²) in [7, 11) is 2.02. The summed E-state index contributed by atoms with van der Waals surface area (Å²) < 4.78 is 0. The number of nitrogens with two attached hydrogens (primary N) is 1. The fourth-order valence-electron chi connectivity index (χ4n) is 2.00. The molecule has 0 aliphatic heterocycles. The third kappa shape index (κ3) is 3.31. The van der Waals surface area contributed by atoms with Gasteiger partial charge in [-0.2, -0.15) is 0 Å². The van der Waals surface area contributed by atoms with Crippen LogP contribution in [0.1, 0.15) is 11.1 Å². The standard InChI is InChI=1S/C15H18N4/c1-19(11-8-12-6-9-18-10-7-12)14-5-3-2-4-13(14)15(16)17/h2-7,9-10H,8,11H2,1H3,(H3,16,17). The van der Waals surface area contributed by atoms with Crippen LogP contribution in [0.5, 0.6) is 0 Å². The lowest BCUT2D eigenvalue weighted by Gasteiger charge is -2.22. The molecule has 0 fully saturated rings. The molecule has 0 aliphatic carbocycles. The van der Waals surface area contributed by atoms with Crippen molar-refractivity contribution >= 4 is 11.5 Å². The first-order chi connectivity index (χ1) is 9.18. The van der Waals surface area contributed by atoms with Gasteiger partial charge in [-0.05, 0) is 36.2 Å². The van der Waals surface area contributed by atoms with Crippen LogP contribution in [0, 0.1) is 5.41 Å². The van der Waals surface area contributed by atoms with E-state index in [0.29, 0.717) is 0 Å². The lowest BCUT2D eigenvalue weighted by molar-refractivity contribution is 0.874. The van der Waals surface area contributed by atoms with Crippen LogP contribution in [-0.4, -0.2) is 24.4 Å². The zero-order valence-corrected chi connectivity index (χ0v) is 11.0. The number of aromatic nitrogens is 1. The second-order valence-corrected chi connectivity index (χ2v) is 4.46. The Morgan fingerprint density at radius 3 is 2.58 bits per heavy atom. The van der Waals surface area contributed by atoms with Crippen LogP contribution in [-0.2, 0) is 6.42 Å².